The summed E-state index contributed by atoms with van der Waals surface area (Å²) in [7, 11) is 0. The Balaban J connectivity index is 2.81. The van der Waals surface area contributed by atoms with Gasteiger partial charge in [0.25, 0.3) is 5.91 Å². The Bertz CT molecular complexity index is 415. The molecule has 0 atom stereocenters. The van der Waals surface area contributed by atoms with Gasteiger partial charge in [-0.3, -0.25) is 9.59 Å². The molecule has 0 aliphatic carbocycles. The average Bonchev–Trinajstić information content (AvgIpc) is 2.63. The maximum Gasteiger partial charge on any atom is 0.305 e. The van der Waals surface area contributed by atoms with Gasteiger partial charge in [0.2, 0.25) is 0 Å². The molecule has 1 amide bonds. The SMILES string of the molecule is Cc1nscc1C(=O)N(CCC(=O)O)C(C)C. The molecular formula is C11H16N2O3S. The summed E-state index contributed by atoms with van der Waals surface area (Å²) in [5.41, 5.74) is 1.26. The number of carbonyl (C=O) groups excluding carboxylic acids is 1. The molecule has 17 heavy (non-hydrogen) atoms. The number of rotatable bonds is 5. The summed E-state index contributed by atoms with van der Waals surface area (Å²) < 4.78 is 4.05. The maximum atomic E-state index is 12.2. The monoisotopic (exact) mass is 256 g/mol. The number of hydrogen-bond donors (Lipinski definition) is 1. The lowest BCUT2D eigenvalue weighted by Gasteiger charge is -2.25. The van der Waals surface area contributed by atoms with Gasteiger partial charge in [-0.05, 0) is 32.3 Å². The molecule has 0 spiro atoms. The molecular weight excluding hydrogens is 240 g/mol. The van der Waals surface area contributed by atoms with Crippen LogP contribution in [0, 0.1) is 6.92 Å². The molecule has 0 aliphatic heterocycles. The summed E-state index contributed by atoms with van der Waals surface area (Å²) in [6.45, 7) is 5.74. The molecule has 0 saturated carbocycles. The number of aryl methyl sites for hydroxylation is 1. The zero-order valence-corrected chi connectivity index (χ0v) is 11.0. The van der Waals surface area contributed by atoms with E-state index in [0.717, 1.165) is 0 Å². The topological polar surface area (TPSA) is 70.5 Å². The molecule has 0 aliphatic rings. The fraction of sp³-hybridized carbons (Fsp3) is 0.545. The first-order chi connectivity index (χ1) is 7.93. The van der Waals surface area contributed by atoms with E-state index >= 15 is 0 Å². The van der Waals surface area contributed by atoms with E-state index < -0.39 is 5.97 Å². The number of nitrogens with zero attached hydrogens (tertiary/aromatic N) is 2. The summed E-state index contributed by atoms with van der Waals surface area (Å²) in [4.78, 5) is 24.3. The maximum absolute atomic E-state index is 12.2. The predicted octanol–water partition coefficient (Wildman–Crippen LogP) is 1.78. The van der Waals surface area contributed by atoms with Gasteiger partial charge < -0.3 is 10.0 Å². The van der Waals surface area contributed by atoms with E-state index in [9.17, 15) is 9.59 Å². The van der Waals surface area contributed by atoms with Crippen LogP contribution in [0.4, 0.5) is 0 Å². The first-order valence-corrected chi connectivity index (χ1v) is 6.21. The molecule has 1 heterocycles. The quantitative estimate of drug-likeness (QED) is 0.871. The molecule has 1 aromatic rings. The molecule has 0 bridgehead atoms. The van der Waals surface area contributed by atoms with E-state index in [1.807, 2.05) is 13.8 Å². The Hall–Kier alpha value is -1.43. The minimum absolute atomic E-state index is 0.0267. The number of carboxylic acids is 1. The minimum Gasteiger partial charge on any atom is -0.481 e. The third-order valence-corrected chi connectivity index (χ3v) is 3.15. The van der Waals surface area contributed by atoms with Crippen molar-refractivity contribution in [1.29, 1.82) is 0 Å². The third kappa shape index (κ3) is 3.52. The van der Waals surface area contributed by atoms with E-state index in [1.54, 1.807) is 17.2 Å². The summed E-state index contributed by atoms with van der Waals surface area (Å²) in [5.74, 6) is -1.05. The fourth-order valence-corrected chi connectivity index (χ4v) is 2.15. The molecule has 5 nitrogen and oxygen atoms in total. The molecule has 0 aromatic carbocycles. The lowest BCUT2D eigenvalue weighted by atomic mass is 10.2. The van der Waals surface area contributed by atoms with Gasteiger partial charge in [0.1, 0.15) is 0 Å². The van der Waals surface area contributed by atoms with Crippen LogP contribution in [-0.4, -0.2) is 38.8 Å². The standard InChI is InChI=1S/C11H16N2O3S/c1-7(2)13(5-4-10(14)15)11(16)9-6-17-12-8(9)3/h6-7H,4-5H2,1-3H3,(H,14,15). The van der Waals surface area contributed by atoms with Crippen LogP contribution in [0.25, 0.3) is 0 Å². The van der Waals surface area contributed by atoms with E-state index in [-0.39, 0.29) is 24.9 Å². The number of amides is 1. The van der Waals surface area contributed by atoms with Gasteiger partial charge in [0, 0.05) is 18.0 Å². The zero-order chi connectivity index (χ0) is 13.0. The fourth-order valence-electron chi connectivity index (χ4n) is 1.46. The van der Waals surface area contributed by atoms with Crippen molar-refractivity contribution in [3.05, 3.63) is 16.6 Å². The Kier molecular flexibility index (Phi) is 4.62. The third-order valence-electron chi connectivity index (χ3n) is 2.43. The van der Waals surface area contributed by atoms with E-state index in [1.165, 1.54) is 11.5 Å². The minimum atomic E-state index is -0.899. The highest BCUT2D eigenvalue weighted by Crippen LogP contribution is 2.14. The second-order valence-electron chi connectivity index (χ2n) is 4.05. The predicted molar refractivity (Wildman–Crippen MR) is 65.3 cm³/mol. The Morgan fingerprint density at radius 1 is 1.53 bits per heavy atom. The van der Waals surface area contributed by atoms with Crippen LogP contribution in [-0.2, 0) is 4.79 Å². The highest BCUT2D eigenvalue weighted by Gasteiger charge is 2.21. The summed E-state index contributed by atoms with van der Waals surface area (Å²) in [6.07, 6.45) is -0.0411. The van der Waals surface area contributed by atoms with Gasteiger partial charge in [-0.1, -0.05) is 0 Å². The van der Waals surface area contributed by atoms with Gasteiger partial charge in [-0.25, -0.2) is 0 Å². The van der Waals surface area contributed by atoms with Gasteiger partial charge in [-0.2, -0.15) is 4.37 Å². The van der Waals surface area contributed by atoms with Gasteiger partial charge in [0.05, 0.1) is 17.7 Å². The molecule has 0 unspecified atom stereocenters. The Morgan fingerprint density at radius 3 is 2.59 bits per heavy atom. The summed E-state index contributed by atoms with van der Waals surface area (Å²) in [6, 6.07) is -0.0267. The van der Waals surface area contributed by atoms with Crippen LogP contribution in [0.1, 0.15) is 36.3 Å². The van der Waals surface area contributed by atoms with Crippen molar-refractivity contribution in [3.8, 4) is 0 Å². The molecule has 1 aromatic heterocycles. The van der Waals surface area contributed by atoms with Crippen molar-refractivity contribution in [3.63, 3.8) is 0 Å². The Morgan fingerprint density at radius 2 is 2.18 bits per heavy atom. The second kappa shape index (κ2) is 5.77. The van der Waals surface area contributed by atoms with Crippen molar-refractivity contribution in [1.82, 2.24) is 9.27 Å². The molecule has 0 fully saturated rings. The van der Waals surface area contributed by atoms with Crippen LogP contribution >= 0.6 is 11.5 Å². The van der Waals surface area contributed by atoms with Crippen LogP contribution in [0.3, 0.4) is 0 Å². The van der Waals surface area contributed by atoms with Crippen molar-refractivity contribution >= 4 is 23.4 Å². The van der Waals surface area contributed by atoms with Gasteiger partial charge in [0.15, 0.2) is 0 Å². The van der Waals surface area contributed by atoms with Gasteiger partial charge >= 0.3 is 5.97 Å². The normalized spacial score (nSPS) is 10.6. The molecule has 1 N–H and O–H groups in total. The Labute approximate surface area is 104 Å². The number of carboxylic acid groups (broad SMARTS) is 1. The molecule has 1 rings (SSSR count). The van der Waals surface area contributed by atoms with Gasteiger partial charge in [-0.15, -0.1) is 0 Å². The highest BCUT2D eigenvalue weighted by molar-refractivity contribution is 7.03. The van der Waals surface area contributed by atoms with Crippen LogP contribution in [0.2, 0.25) is 0 Å². The van der Waals surface area contributed by atoms with Crippen molar-refractivity contribution in [2.45, 2.75) is 33.2 Å². The first kappa shape index (κ1) is 13.6. The highest BCUT2D eigenvalue weighted by atomic mass is 32.1. The molecule has 6 heteroatoms. The average molecular weight is 256 g/mol. The lowest BCUT2D eigenvalue weighted by molar-refractivity contribution is -0.137. The molecule has 0 saturated heterocycles. The largest absolute Gasteiger partial charge is 0.481 e. The summed E-state index contributed by atoms with van der Waals surface area (Å²) >= 11 is 1.23. The van der Waals surface area contributed by atoms with Crippen LogP contribution < -0.4 is 0 Å². The molecule has 94 valence electrons. The number of hydrogen-bond acceptors (Lipinski definition) is 4. The summed E-state index contributed by atoms with van der Waals surface area (Å²) in [5, 5.41) is 10.4. The van der Waals surface area contributed by atoms with E-state index in [0.29, 0.717) is 11.3 Å². The van der Waals surface area contributed by atoms with Crippen molar-refractivity contribution in [2.75, 3.05) is 6.54 Å². The van der Waals surface area contributed by atoms with Crippen LogP contribution in [0.15, 0.2) is 5.38 Å². The first-order valence-electron chi connectivity index (χ1n) is 5.37. The van der Waals surface area contributed by atoms with E-state index in [2.05, 4.69) is 4.37 Å². The second-order valence-corrected chi connectivity index (χ2v) is 4.68. The molecule has 0 radical (unpaired) electrons. The number of aliphatic carboxylic acids is 1. The van der Waals surface area contributed by atoms with Crippen molar-refractivity contribution < 1.29 is 14.7 Å². The van der Waals surface area contributed by atoms with Crippen molar-refractivity contribution in [2.24, 2.45) is 0 Å². The van der Waals surface area contributed by atoms with E-state index in [4.69, 9.17) is 5.11 Å². The van der Waals surface area contributed by atoms with Crippen LogP contribution in [0.5, 0.6) is 0 Å². The number of carbonyl (C=O) groups is 2. The number of aromatic nitrogens is 1. The smallest absolute Gasteiger partial charge is 0.305 e. The zero-order valence-electron chi connectivity index (χ0n) is 10.1. The lowest BCUT2D eigenvalue weighted by Crippen LogP contribution is -2.38.